The first-order valence-electron chi connectivity index (χ1n) is 8.48. The van der Waals surface area contributed by atoms with Crippen LogP contribution in [0.25, 0.3) is 0 Å². The summed E-state index contributed by atoms with van der Waals surface area (Å²) >= 11 is 0. The van der Waals surface area contributed by atoms with Crippen LogP contribution in [0.4, 0.5) is 0 Å². The van der Waals surface area contributed by atoms with Gasteiger partial charge in [0.1, 0.15) is 17.5 Å². The Balaban J connectivity index is 1.66. The van der Waals surface area contributed by atoms with Crippen LogP contribution in [0.5, 0.6) is 5.75 Å². The molecule has 1 aromatic rings. The molecule has 0 aromatic carbocycles. The van der Waals surface area contributed by atoms with Crippen LogP contribution in [-0.2, 0) is 16.0 Å². The standard InChI is InChI=1S/C17H23N3O4/c1-2-13(17(22)20-5-8-23-9-6-20)19-16(21)14-10-12-4-3-7-24-15(12)11-18-14/h10-11,13H,2-9H2,1H3,(H,19,21). The zero-order valence-electron chi connectivity index (χ0n) is 13.9. The molecule has 24 heavy (non-hydrogen) atoms. The van der Waals surface area contributed by atoms with Crippen LogP contribution < -0.4 is 10.1 Å². The van der Waals surface area contributed by atoms with Crippen molar-refractivity contribution in [1.82, 2.24) is 15.2 Å². The number of nitrogens with zero attached hydrogens (tertiary/aromatic N) is 2. The smallest absolute Gasteiger partial charge is 0.270 e. The van der Waals surface area contributed by atoms with E-state index < -0.39 is 6.04 Å². The van der Waals surface area contributed by atoms with Gasteiger partial charge in [-0.25, -0.2) is 4.98 Å². The highest BCUT2D eigenvalue weighted by Gasteiger charge is 2.26. The highest BCUT2D eigenvalue weighted by molar-refractivity contribution is 5.96. The van der Waals surface area contributed by atoms with Crippen LogP contribution in [0.15, 0.2) is 12.3 Å². The predicted molar refractivity (Wildman–Crippen MR) is 87.0 cm³/mol. The van der Waals surface area contributed by atoms with Gasteiger partial charge < -0.3 is 19.7 Å². The molecule has 0 bridgehead atoms. The topological polar surface area (TPSA) is 80.8 Å². The molecule has 7 heteroatoms. The maximum atomic E-state index is 12.5. The van der Waals surface area contributed by atoms with Gasteiger partial charge in [-0.1, -0.05) is 6.92 Å². The van der Waals surface area contributed by atoms with Gasteiger partial charge in [0.15, 0.2) is 0 Å². The van der Waals surface area contributed by atoms with Crippen molar-refractivity contribution in [2.45, 2.75) is 32.2 Å². The lowest BCUT2D eigenvalue weighted by molar-refractivity contribution is -0.137. The van der Waals surface area contributed by atoms with Crippen LogP contribution in [-0.4, -0.2) is 60.7 Å². The molecule has 1 aromatic heterocycles. The molecule has 3 heterocycles. The van der Waals surface area contributed by atoms with Crippen molar-refractivity contribution in [3.05, 3.63) is 23.5 Å². The van der Waals surface area contributed by atoms with Crippen LogP contribution >= 0.6 is 0 Å². The monoisotopic (exact) mass is 333 g/mol. The summed E-state index contributed by atoms with van der Waals surface area (Å²) in [4.78, 5) is 30.9. The van der Waals surface area contributed by atoms with Crippen LogP contribution in [0.2, 0.25) is 0 Å². The summed E-state index contributed by atoms with van der Waals surface area (Å²) in [5.41, 5.74) is 1.32. The van der Waals surface area contributed by atoms with Crippen molar-refractivity contribution in [2.24, 2.45) is 0 Å². The molecule has 3 rings (SSSR count). The molecular weight excluding hydrogens is 310 g/mol. The number of carbonyl (C=O) groups excluding carboxylic acids is 2. The van der Waals surface area contributed by atoms with E-state index in [1.807, 2.05) is 6.92 Å². The first-order valence-corrected chi connectivity index (χ1v) is 8.48. The van der Waals surface area contributed by atoms with Gasteiger partial charge in [-0.15, -0.1) is 0 Å². The van der Waals surface area contributed by atoms with Gasteiger partial charge in [-0.3, -0.25) is 9.59 Å². The minimum absolute atomic E-state index is 0.0598. The van der Waals surface area contributed by atoms with Crippen LogP contribution in [0.1, 0.15) is 35.8 Å². The molecule has 0 aliphatic carbocycles. The number of aromatic nitrogens is 1. The normalized spacial score (nSPS) is 18.3. The Labute approximate surface area is 141 Å². The number of ether oxygens (including phenoxy) is 2. The Bertz CT molecular complexity index is 614. The van der Waals surface area contributed by atoms with Crippen molar-refractivity contribution in [3.63, 3.8) is 0 Å². The molecule has 1 atom stereocenters. The molecule has 1 N–H and O–H groups in total. The van der Waals surface area contributed by atoms with Gasteiger partial charge in [0.25, 0.3) is 5.91 Å². The van der Waals surface area contributed by atoms with Crippen LogP contribution in [0, 0.1) is 0 Å². The summed E-state index contributed by atoms with van der Waals surface area (Å²) in [5.74, 6) is 0.363. The maximum absolute atomic E-state index is 12.5. The average Bonchev–Trinajstić information content (AvgIpc) is 2.65. The third-order valence-corrected chi connectivity index (χ3v) is 4.36. The number of rotatable bonds is 4. The van der Waals surface area contributed by atoms with E-state index in [2.05, 4.69) is 10.3 Å². The minimum atomic E-state index is -0.537. The molecule has 2 aliphatic rings. The fourth-order valence-corrected chi connectivity index (χ4v) is 2.95. The second kappa shape index (κ2) is 7.61. The average molecular weight is 333 g/mol. The molecule has 2 amide bonds. The number of amides is 2. The van der Waals surface area contributed by atoms with Crippen molar-refractivity contribution in [3.8, 4) is 5.75 Å². The summed E-state index contributed by atoms with van der Waals surface area (Å²) < 4.78 is 10.8. The van der Waals surface area contributed by atoms with E-state index >= 15 is 0 Å². The molecule has 1 unspecified atom stereocenters. The van der Waals surface area contributed by atoms with Gasteiger partial charge >= 0.3 is 0 Å². The molecule has 0 radical (unpaired) electrons. The molecule has 2 aliphatic heterocycles. The lowest BCUT2D eigenvalue weighted by Gasteiger charge is -2.30. The number of hydrogen-bond donors (Lipinski definition) is 1. The molecule has 130 valence electrons. The Morgan fingerprint density at radius 3 is 2.88 bits per heavy atom. The van der Waals surface area contributed by atoms with Crippen molar-refractivity contribution in [2.75, 3.05) is 32.9 Å². The van der Waals surface area contributed by atoms with E-state index in [1.54, 1.807) is 17.2 Å². The van der Waals surface area contributed by atoms with Gasteiger partial charge in [0, 0.05) is 13.1 Å². The molecule has 1 fully saturated rings. The summed E-state index contributed by atoms with van der Waals surface area (Å²) in [6.45, 7) is 4.80. The molecular formula is C17H23N3O4. The lowest BCUT2D eigenvalue weighted by Crippen LogP contribution is -2.51. The second-order valence-corrected chi connectivity index (χ2v) is 6.00. The first-order chi connectivity index (χ1) is 11.7. The largest absolute Gasteiger partial charge is 0.492 e. The van der Waals surface area contributed by atoms with Crippen molar-refractivity contribution in [1.29, 1.82) is 0 Å². The SMILES string of the molecule is CCC(NC(=O)c1cc2c(cn1)OCCC2)C(=O)N1CCOCC1. The van der Waals surface area contributed by atoms with E-state index in [4.69, 9.17) is 9.47 Å². The highest BCUT2D eigenvalue weighted by Crippen LogP contribution is 2.24. The van der Waals surface area contributed by atoms with Crippen molar-refractivity contribution < 1.29 is 19.1 Å². The number of fused-ring (bicyclic) bond motifs is 1. The number of morpholine rings is 1. The number of pyridine rings is 1. The molecule has 1 saturated heterocycles. The number of hydrogen-bond acceptors (Lipinski definition) is 5. The Kier molecular flexibility index (Phi) is 5.30. The fraction of sp³-hybridized carbons (Fsp3) is 0.588. The summed E-state index contributed by atoms with van der Waals surface area (Å²) in [6, 6.07) is 1.22. The van der Waals surface area contributed by atoms with Gasteiger partial charge in [-0.2, -0.15) is 0 Å². The second-order valence-electron chi connectivity index (χ2n) is 6.00. The maximum Gasteiger partial charge on any atom is 0.270 e. The van der Waals surface area contributed by atoms with E-state index in [0.29, 0.717) is 45.0 Å². The Morgan fingerprint density at radius 1 is 1.33 bits per heavy atom. The fourth-order valence-electron chi connectivity index (χ4n) is 2.95. The molecule has 0 saturated carbocycles. The van der Waals surface area contributed by atoms with E-state index in [9.17, 15) is 9.59 Å². The number of nitrogens with one attached hydrogen (secondary N) is 1. The van der Waals surface area contributed by atoms with Gasteiger partial charge in [0.2, 0.25) is 5.91 Å². The minimum Gasteiger partial charge on any atom is -0.492 e. The quantitative estimate of drug-likeness (QED) is 0.880. The van der Waals surface area contributed by atoms with Crippen LogP contribution in [0.3, 0.4) is 0 Å². The zero-order chi connectivity index (χ0) is 16.9. The van der Waals surface area contributed by atoms with E-state index in [1.165, 1.54) is 0 Å². The van der Waals surface area contributed by atoms with E-state index in [0.717, 1.165) is 24.2 Å². The molecule has 0 spiro atoms. The third kappa shape index (κ3) is 3.67. The summed E-state index contributed by atoms with van der Waals surface area (Å²) in [5, 5.41) is 2.81. The Hall–Kier alpha value is -2.15. The third-order valence-electron chi connectivity index (χ3n) is 4.36. The molecule has 7 nitrogen and oxygen atoms in total. The van der Waals surface area contributed by atoms with E-state index in [-0.39, 0.29) is 11.8 Å². The van der Waals surface area contributed by atoms with Gasteiger partial charge in [0.05, 0.1) is 26.0 Å². The zero-order valence-corrected chi connectivity index (χ0v) is 13.9. The first kappa shape index (κ1) is 16.7. The highest BCUT2D eigenvalue weighted by atomic mass is 16.5. The number of aryl methyl sites for hydroxylation is 1. The summed E-state index contributed by atoms with van der Waals surface area (Å²) in [6.07, 6.45) is 3.94. The summed E-state index contributed by atoms with van der Waals surface area (Å²) in [7, 11) is 0. The Morgan fingerprint density at radius 2 is 2.12 bits per heavy atom. The van der Waals surface area contributed by atoms with Crippen molar-refractivity contribution >= 4 is 11.8 Å². The van der Waals surface area contributed by atoms with Gasteiger partial charge in [-0.05, 0) is 30.9 Å². The lowest BCUT2D eigenvalue weighted by atomic mass is 10.1. The predicted octanol–water partition coefficient (Wildman–Crippen LogP) is 0.774. The number of carbonyl (C=O) groups is 2.